The van der Waals surface area contributed by atoms with Gasteiger partial charge in [-0.2, -0.15) is 10.2 Å². The summed E-state index contributed by atoms with van der Waals surface area (Å²) in [6.07, 6.45) is 1.65. The Hall–Kier alpha value is -2.46. The third-order valence-electron chi connectivity index (χ3n) is 3.48. The van der Waals surface area contributed by atoms with Gasteiger partial charge < -0.3 is 10.5 Å². The van der Waals surface area contributed by atoms with Crippen molar-refractivity contribution in [3.63, 3.8) is 0 Å². The lowest BCUT2D eigenvalue weighted by molar-refractivity contribution is 0.477. The van der Waals surface area contributed by atoms with Crippen LogP contribution in [0.25, 0.3) is 10.9 Å². The Bertz CT molecular complexity index is 771. The Morgan fingerprint density at radius 2 is 1.81 bits per heavy atom. The minimum Gasteiger partial charge on any atom is -0.454 e. The lowest BCUT2D eigenvalue weighted by Gasteiger charge is -2.14. The molecule has 0 spiro atoms. The number of nitrogens with two attached hydrogens (primary N) is 1. The average Bonchev–Trinajstić information content (AvgIpc) is 2.50. The minimum atomic E-state index is 0.529. The van der Waals surface area contributed by atoms with Gasteiger partial charge in [0.15, 0.2) is 5.75 Å². The van der Waals surface area contributed by atoms with Crippen LogP contribution >= 0.6 is 0 Å². The number of aryl methyl sites for hydroxylation is 2. The van der Waals surface area contributed by atoms with Gasteiger partial charge in [-0.3, -0.25) is 0 Å². The fraction of sp³-hybridized carbons (Fsp3) is 0.176. The van der Waals surface area contributed by atoms with Crippen molar-refractivity contribution < 1.29 is 4.74 Å². The highest BCUT2D eigenvalue weighted by molar-refractivity contribution is 5.84. The first-order valence-electron chi connectivity index (χ1n) is 6.87. The molecule has 0 fully saturated rings. The van der Waals surface area contributed by atoms with E-state index in [1.807, 2.05) is 38.1 Å². The average molecular weight is 279 g/mol. The highest BCUT2D eigenvalue weighted by Crippen LogP contribution is 2.32. The van der Waals surface area contributed by atoms with Gasteiger partial charge in [0.25, 0.3) is 0 Å². The van der Waals surface area contributed by atoms with Crippen molar-refractivity contribution >= 4 is 10.9 Å². The van der Waals surface area contributed by atoms with Crippen molar-refractivity contribution in [3.8, 4) is 11.5 Å². The van der Waals surface area contributed by atoms with Crippen LogP contribution in [0.2, 0.25) is 0 Å². The molecule has 3 rings (SSSR count). The Kier molecular flexibility index (Phi) is 3.54. The molecule has 0 atom stereocenters. The van der Waals surface area contributed by atoms with Crippen LogP contribution in [0.1, 0.15) is 16.7 Å². The third kappa shape index (κ3) is 2.58. The van der Waals surface area contributed by atoms with Crippen molar-refractivity contribution in [1.29, 1.82) is 0 Å². The molecular formula is C17H17N3O. The zero-order valence-corrected chi connectivity index (χ0v) is 12.1. The summed E-state index contributed by atoms with van der Waals surface area (Å²) in [5.74, 6) is 1.57. The second-order valence-electron chi connectivity index (χ2n) is 5.09. The zero-order valence-electron chi connectivity index (χ0n) is 12.1. The van der Waals surface area contributed by atoms with Crippen LogP contribution < -0.4 is 10.5 Å². The van der Waals surface area contributed by atoms with Crippen LogP contribution in [0.3, 0.4) is 0 Å². The molecule has 0 radical (unpaired) electrons. The van der Waals surface area contributed by atoms with Gasteiger partial charge in [0.05, 0.1) is 11.7 Å². The van der Waals surface area contributed by atoms with Crippen LogP contribution in [-0.4, -0.2) is 10.2 Å². The van der Waals surface area contributed by atoms with Crippen molar-refractivity contribution in [3.05, 3.63) is 59.3 Å². The summed E-state index contributed by atoms with van der Waals surface area (Å²) < 4.78 is 6.11. The summed E-state index contributed by atoms with van der Waals surface area (Å²) in [4.78, 5) is 0. The highest BCUT2D eigenvalue weighted by Gasteiger charge is 2.10. The minimum absolute atomic E-state index is 0.529. The molecule has 1 aromatic heterocycles. The second kappa shape index (κ2) is 5.50. The molecule has 2 aromatic carbocycles. The molecule has 0 aliphatic carbocycles. The Labute approximate surface area is 123 Å². The van der Waals surface area contributed by atoms with Gasteiger partial charge in [-0.25, -0.2) is 0 Å². The van der Waals surface area contributed by atoms with Gasteiger partial charge >= 0.3 is 0 Å². The number of hydrogen-bond acceptors (Lipinski definition) is 4. The number of rotatable bonds is 3. The van der Waals surface area contributed by atoms with Crippen LogP contribution in [0.15, 0.2) is 42.6 Å². The Morgan fingerprint density at radius 1 is 1.10 bits per heavy atom. The number of benzene rings is 2. The lowest BCUT2D eigenvalue weighted by atomic mass is 10.1. The number of aromatic nitrogens is 2. The summed E-state index contributed by atoms with van der Waals surface area (Å²) in [5, 5.41) is 9.07. The summed E-state index contributed by atoms with van der Waals surface area (Å²) in [7, 11) is 0. The molecule has 0 amide bonds. The standard InChI is InChI=1S/C17H17N3O/c1-11-7-13(9-18)8-12(2)17(11)21-16-10-19-20-15-6-4-3-5-14(15)16/h3-8,10H,9,18H2,1-2H3. The maximum atomic E-state index is 6.11. The van der Waals surface area contributed by atoms with E-state index in [2.05, 4.69) is 22.3 Å². The van der Waals surface area contributed by atoms with Gasteiger partial charge in [0.2, 0.25) is 0 Å². The van der Waals surface area contributed by atoms with Crippen LogP contribution in [0.4, 0.5) is 0 Å². The van der Waals surface area contributed by atoms with E-state index in [0.717, 1.165) is 33.3 Å². The quantitative estimate of drug-likeness (QED) is 0.797. The van der Waals surface area contributed by atoms with Gasteiger partial charge in [-0.1, -0.05) is 24.3 Å². The molecule has 1 heterocycles. The van der Waals surface area contributed by atoms with E-state index in [9.17, 15) is 0 Å². The van der Waals surface area contributed by atoms with E-state index in [1.165, 1.54) is 0 Å². The molecular weight excluding hydrogens is 262 g/mol. The molecule has 0 saturated carbocycles. The molecule has 0 bridgehead atoms. The molecule has 0 aliphatic rings. The second-order valence-corrected chi connectivity index (χ2v) is 5.09. The fourth-order valence-electron chi connectivity index (χ4n) is 2.49. The molecule has 21 heavy (non-hydrogen) atoms. The number of ether oxygens (including phenoxy) is 1. The Balaban J connectivity index is 2.07. The number of nitrogens with zero attached hydrogens (tertiary/aromatic N) is 2. The predicted molar refractivity (Wildman–Crippen MR) is 83.4 cm³/mol. The number of fused-ring (bicyclic) bond motifs is 1. The maximum absolute atomic E-state index is 6.11. The Morgan fingerprint density at radius 3 is 2.52 bits per heavy atom. The maximum Gasteiger partial charge on any atom is 0.157 e. The lowest BCUT2D eigenvalue weighted by Crippen LogP contribution is -2.00. The van der Waals surface area contributed by atoms with Crippen molar-refractivity contribution in [2.45, 2.75) is 20.4 Å². The van der Waals surface area contributed by atoms with Crippen molar-refractivity contribution in [2.24, 2.45) is 5.73 Å². The van der Waals surface area contributed by atoms with E-state index in [4.69, 9.17) is 10.5 Å². The van der Waals surface area contributed by atoms with Gasteiger partial charge in [0, 0.05) is 11.9 Å². The summed E-state index contributed by atoms with van der Waals surface area (Å²) in [6, 6.07) is 11.9. The molecule has 3 aromatic rings. The van der Waals surface area contributed by atoms with E-state index in [0.29, 0.717) is 12.3 Å². The van der Waals surface area contributed by atoms with E-state index in [1.54, 1.807) is 6.20 Å². The SMILES string of the molecule is Cc1cc(CN)cc(C)c1Oc1cnnc2ccccc12. The predicted octanol–water partition coefficient (Wildman–Crippen LogP) is 3.50. The number of hydrogen-bond donors (Lipinski definition) is 1. The van der Waals surface area contributed by atoms with Gasteiger partial charge in [-0.15, -0.1) is 0 Å². The van der Waals surface area contributed by atoms with E-state index >= 15 is 0 Å². The van der Waals surface area contributed by atoms with Crippen LogP contribution in [0.5, 0.6) is 11.5 Å². The van der Waals surface area contributed by atoms with Crippen molar-refractivity contribution in [2.75, 3.05) is 0 Å². The molecule has 4 nitrogen and oxygen atoms in total. The molecule has 4 heteroatoms. The monoisotopic (exact) mass is 279 g/mol. The highest BCUT2D eigenvalue weighted by atomic mass is 16.5. The topological polar surface area (TPSA) is 61.0 Å². The fourth-order valence-corrected chi connectivity index (χ4v) is 2.49. The smallest absolute Gasteiger partial charge is 0.157 e. The van der Waals surface area contributed by atoms with Crippen LogP contribution in [0, 0.1) is 13.8 Å². The van der Waals surface area contributed by atoms with Gasteiger partial charge in [-0.05, 0) is 42.7 Å². The first kappa shape index (κ1) is 13.5. The summed E-state index contributed by atoms with van der Waals surface area (Å²) in [5.41, 5.74) is 9.77. The van der Waals surface area contributed by atoms with E-state index < -0.39 is 0 Å². The molecule has 2 N–H and O–H groups in total. The van der Waals surface area contributed by atoms with Crippen molar-refractivity contribution in [1.82, 2.24) is 10.2 Å². The molecule has 106 valence electrons. The summed E-state index contributed by atoms with van der Waals surface area (Å²) >= 11 is 0. The van der Waals surface area contributed by atoms with Crippen LogP contribution in [-0.2, 0) is 6.54 Å². The zero-order chi connectivity index (χ0) is 14.8. The molecule has 0 unspecified atom stereocenters. The van der Waals surface area contributed by atoms with E-state index in [-0.39, 0.29) is 0 Å². The normalized spacial score (nSPS) is 10.8. The largest absolute Gasteiger partial charge is 0.454 e. The third-order valence-corrected chi connectivity index (χ3v) is 3.48. The summed E-state index contributed by atoms with van der Waals surface area (Å²) in [6.45, 7) is 4.58. The first-order valence-corrected chi connectivity index (χ1v) is 6.87. The van der Waals surface area contributed by atoms with Gasteiger partial charge in [0.1, 0.15) is 5.75 Å². The first-order chi connectivity index (χ1) is 10.2. The molecule has 0 saturated heterocycles. The molecule has 0 aliphatic heterocycles.